The molecule has 3 rings (SSSR count). The minimum Gasteiger partial charge on any atom is -0.491 e. The topological polar surface area (TPSA) is 63.2 Å². The number of aliphatic hydroxyl groups excluding tert-OH is 1. The summed E-state index contributed by atoms with van der Waals surface area (Å²) in [4.78, 5) is 0. The molecule has 5 heteroatoms. The van der Waals surface area contributed by atoms with E-state index in [0.29, 0.717) is 13.2 Å². The summed E-state index contributed by atoms with van der Waals surface area (Å²) in [7, 11) is 1.81. The molecule has 1 aliphatic heterocycles. The summed E-state index contributed by atoms with van der Waals surface area (Å²) >= 11 is 0. The largest absolute Gasteiger partial charge is 0.491 e. The fraction of sp³-hybridized carbons (Fsp3) is 0.455. The summed E-state index contributed by atoms with van der Waals surface area (Å²) in [5, 5.41) is 12.7. The third-order valence-electron chi connectivity index (χ3n) is 4.87. The normalized spacial score (nSPS) is 17.4. The van der Waals surface area contributed by atoms with Crippen LogP contribution in [0.3, 0.4) is 0 Å². The number of epoxide rings is 1. The van der Waals surface area contributed by atoms with Crippen LogP contribution < -0.4 is 14.8 Å². The van der Waals surface area contributed by atoms with Crippen LogP contribution in [-0.2, 0) is 10.2 Å². The van der Waals surface area contributed by atoms with Crippen molar-refractivity contribution >= 4 is 0 Å². The maximum Gasteiger partial charge on any atom is 0.119 e. The van der Waals surface area contributed by atoms with Gasteiger partial charge in [0.1, 0.15) is 36.9 Å². The Bertz CT molecular complexity index is 708. The number of hydrogen-bond donors (Lipinski definition) is 2. The van der Waals surface area contributed by atoms with Crippen molar-refractivity contribution in [2.24, 2.45) is 0 Å². The lowest BCUT2D eigenvalue weighted by atomic mass is 9.78. The van der Waals surface area contributed by atoms with Gasteiger partial charge in [-0.1, -0.05) is 38.1 Å². The maximum atomic E-state index is 9.73. The molecule has 2 N–H and O–H groups in total. The average molecular weight is 371 g/mol. The molecule has 0 saturated carbocycles. The van der Waals surface area contributed by atoms with Crippen LogP contribution in [0.4, 0.5) is 0 Å². The highest BCUT2D eigenvalue weighted by Crippen LogP contribution is 2.33. The lowest BCUT2D eigenvalue weighted by molar-refractivity contribution is 0.108. The fourth-order valence-corrected chi connectivity index (χ4v) is 2.94. The van der Waals surface area contributed by atoms with Gasteiger partial charge >= 0.3 is 0 Å². The molecule has 0 bridgehead atoms. The lowest BCUT2D eigenvalue weighted by Gasteiger charge is -2.26. The number of ether oxygens (including phenoxy) is 3. The zero-order chi connectivity index (χ0) is 19.3. The van der Waals surface area contributed by atoms with Gasteiger partial charge in [0, 0.05) is 12.0 Å². The lowest BCUT2D eigenvalue weighted by Crippen LogP contribution is -2.29. The summed E-state index contributed by atoms with van der Waals surface area (Å²) in [6.45, 7) is 6.61. The van der Waals surface area contributed by atoms with E-state index < -0.39 is 6.10 Å². The van der Waals surface area contributed by atoms with Crippen molar-refractivity contribution in [1.82, 2.24) is 5.32 Å². The molecular weight excluding hydrogens is 342 g/mol. The Balaban J connectivity index is 1.61. The molecule has 27 heavy (non-hydrogen) atoms. The molecule has 1 aliphatic rings. The Labute approximate surface area is 161 Å². The molecule has 0 aliphatic carbocycles. The molecule has 2 atom stereocenters. The van der Waals surface area contributed by atoms with Gasteiger partial charge in [-0.3, -0.25) is 0 Å². The number of benzene rings is 2. The molecule has 146 valence electrons. The molecule has 2 aromatic rings. The van der Waals surface area contributed by atoms with E-state index in [1.54, 1.807) is 7.05 Å². The second-order valence-electron chi connectivity index (χ2n) is 7.46. The van der Waals surface area contributed by atoms with E-state index in [9.17, 15) is 5.11 Å². The molecule has 1 fully saturated rings. The van der Waals surface area contributed by atoms with Crippen molar-refractivity contribution in [3.8, 4) is 11.5 Å². The Morgan fingerprint density at radius 2 is 1.56 bits per heavy atom. The van der Waals surface area contributed by atoms with E-state index in [0.717, 1.165) is 18.1 Å². The average Bonchev–Trinajstić information content (AvgIpc) is 3.50. The van der Waals surface area contributed by atoms with Crippen molar-refractivity contribution in [3.63, 3.8) is 0 Å². The first kappa shape index (κ1) is 19.7. The van der Waals surface area contributed by atoms with E-state index in [2.05, 4.69) is 43.4 Å². The summed E-state index contributed by atoms with van der Waals surface area (Å²) in [5.41, 5.74) is 2.28. The molecule has 0 amide bonds. The van der Waals surface area contributed by atoms with Gasteiger partial charge in [0.05, 0.1) is 6.61 Å². The van der Waals surface area contributed by atoms with Crippen LogP contribution in [-0.4, -0.2) is 50.7 Å². The van der Waals surface area contributed by atoms with Crippen molar-refractivity contribution in [2.75, 3.05) is 33.4 Å². The molecule has 5 nitrogen and oxygen atoms in total. The maximum absolute atomic E-state index is 9.73. The second-order valence-corrected chi connectivity index (χ2v) is 7.46. The van der Waals surface area contributed by atoms with E-state index in [1.807, 2.05) is 24.3 Å². The van der Waals surface area contributed by atoms with Gasteiger partial charge in [0.25, 0.3) is 0 Å². The third kappa shape index (κ3) is 5.45. The predicted molar refractivity (Wildman–Crippen MR) is 106 cm³/mol. The molecule has 2 unspecified atom stereocenters. The first-order valence-corrected chi connectivity index (χ1v) is 9.40. The van der Waals surface area contributed by atoms with E-state index in [1.165, 1.54) is 11.1 Å². The van der Waals surface area contributed by atoms with Gasteiger partial charge in [-0.25, -0.2) is 0 Å². The minimum atomic E-state index is -0.515. The molecule has 1 heterocycles. The number of nitrogens with one attached hydrogen (secondary N) is 1. The first-order valence-electron chi connectivity index (χ1n) is 9.40. The summed E-state index contributed by atoms with van der Waals surface area (Å²) < 4.78 is 16.5. The number of aliphatic hydroxyl groups is 1. The highest BCUT2D eigenvalue weighted by atomic mass is 16.6. The van der Waals surface area contributed by atoms with Gasteiger partial charge in [-0.05, 0) is 42.4 Å². The summed E-state index contributed by atoms with van der Waals surface area (Å²) in [6, 6.07) is 16.3. The van der Waals surface area contributed by atoms with Crippen LogP contribution in [0, 0.1) is 0 Å². The number of likely N-dealkylation sites (N-methyl/N-ethyl adjacent to an activating group) is 1. The van der Waals surface area contributed by atoms with Gasteiger partial charge in [-0.15, -0.1) is 0 Å². The van der Waals surface area contributed by atoms with Crippen LogP contribution >= 0.6 is 0 Å². The molecule has 0 spiro atoms. The van der Waals surface area contributed by atoms with Gasteiger partial charge < -0.3 is 24.6 Å². The SMILES string of the molecule is CNCC(O)COc1ccc(C(C)(C)c2ccc(OCC3CO3)cc2)cc1. The second kappa shape index (κ2) is 8.74. The van der Waals surface area contributed by atoms with Gasteiger partial charge in [0.2, 0.25) is 0 Å². The van der Waals surface area contributed by atoms with E-state index >= 15 is 0 Å². The fourth-order valence-electron chi connectivity index (χ4n) is 2.94. The Morgan fingerprint density at radius 1 is 1.04 bits per heavy atom. The third-order valence-corrected chi connectivity index (χ3v) is 4.87. The monoisotopic (exact) mass is 371 g/mol. The van der Waals surface area contributed by atoms with Crippen molar-refractivity contribution < 1.29 is 19.3 Å². The Kier molecular flexibility index (Phi) is 6.37. The number of rotatable bonds is 10. The Morgan fingerprint density at radius 3 is 2.04 bits per heavy atom. The van der Waals surface area contributed by atoms with Crippen LogP contribution in [0.15, 0.2) is 48.5 Å². The van der Waals surface area contributed by atoms with E-state index in [-0.39, 0.29) is 18.1 Å². The molecule has 0 radical (unpaired) electrons. The zero-order valence-electron chi connectivity index (χ0n) is 16.3. The Hall–Kier alpha value is -2.08. The van der Waals surface area contributed by atoms with Crippen molar-refractivity contribution in [1.29, 1.82) is 0 Å². The molecule has 1 saturated heterocycles. The first-order chi connectivity index (χ1) is 13.0. The van der Waals surface area contributed by atoms with Crippen LogP contribution in [0.25, 0.3) is 0 Å². The van der Waals surface area contributed by atoms with Gasteiger partial charge in [-0.2, -0.15) is 0 Å². The van der Waals surface area contributed by atoms with Crippen LogP contribution in [0.5, 0.6) is 11.5 Å². The highest BCUT2D eigenvalue weighted by Gasteiger charge is 2.24. The summed E-state index contributed by atoms with van der Waals surface area (Å²) in [6.07, 6.45) is -0.250. The summed E-state index contributed by atoms with van der Waals surface area (Å²) in [5.74, 6) is 1.63. The molecule has 0 aromatic heterocycles. The van der Waals surface area contributed by atoms with E-state index in [4.69, 9.17) is 14.2 Å². The standard InChI is InChI=1S/C22H29NO4/c1-22(2,17-6-10-20(11-7-17)26-14-21-15-27-21)16-4-8-19(9-5-16)25-13-18(24)12-23-3/h4-11,18,21,23-24H,12-15H2,1-3H3. The smallest absolute Gasteiger partial charge is 0.119 e. The molecule has 2 aromatic carbocycles. The van der Waals surface area contributed by atoms with Crippen LogP contribution in [0.1, 0.15) is 25.0 Å². The van der Waals surface area contributed by atoms with Gasteiger partial charge in [0.15, 0.2) is 0 Å². The van der Waals surface area contributed by atoms with Crippen molar-refractivity contribution in [3.05, 3.63) is 59.7 Å². The highest BCUT2D eigenvalue weighted by molar-refractivity contribution is 5.41. The van der Waals surface area contributed by atoms with Crippen LogP contribution in [0.2, 0.25) is 0 Å². The van der Waals surface area contributed by atoms with Crippen molar-refractivity contribution in [2.45, 2.75) is 31.5 Å². The zero-order valence-corrected chi connectivity index (χ0v) is 16.3. The quantitative estimate of drug-likeness (QED) is 0.629. The number of hydrogen-bond acceptors (Lipinski definition) is 5. The predicted octanol–water partition coefficient (Wildman–Crippen LogP) is 2.75. The minimum absolute atomic E-state index is 0.137. The molecular formula is C22H29NO4.